The van der Waals surface area contributed by atoms with Gasteiger partial charge >= 0.3 is 17.7 Å². The lowest BCUT2D eigenvalue weighted by atomic mass is 10.1. The first-order chi connectivity index (χ1) is 14.5. The van der Waals surface area contributed by atoms with Crippen molar-refractivity contribution < 1.29 is 33.5 Å². The Balaban J connectivity index is 2.17. The van der Waals surface area contributed by atoms with Crippen molar-refractivity contribution in [2.24, 2.45) is 0 Å². The fourth-order valence-corrected chi connectivity index (χ4v) is 2.67. The second-order valence-corrected chi connectivity index (χ2v) is 8.03. The molecule has 1 aromatic carbocycles. The van der Waals surface area contributed by atoms with Crippen LogP contribution in [0, 0.1) is 10.1 Å². The van der Waals surface area contributed by atoms with Crippen molar-refractivity contribution in [1.29, 1.82) is 0 Å². The first-order valence-corrected chi connectivity index (χ1v) is 9.85. The van der Waals surface area contributed by atoms with Gasteiger partial charge in [0.25, 0.3) is 0 Å². The number of hydrogen-bond acceptors (Lipinski definition) is 9. The molecule has 1 saturated heterocycles. The van der Waals surface area contributed by atoms with Crippen LogP contribution in [0.4, 0.5) is 16.2 Å². The number of hydrogen-bond donors (Lipinski definition) is 1. The minimum absolute atomic E-state index is 0.0479. The summed E-state index contributed by atoms with van der Waals surface area (Å²) in [5.41, 5.74) is -0.740. The molecule has 11 heteroatoms. The monoisotopic (exact) mass is 439 g/mol. The van der Waals surface area contributed by atoms with E-state index in [1.165, 1.54) is 31.2 Å². The molecule has 11 nitrogen and oxygen atoms in total. The summed E-state index contributed by atoms with van der Waals surface area (Å²) in [6.07, 6.45) is 0.252. The van der Waals surface area contributed by atoms with Crippen LogP contribution in [0.5, 0.6) is 5.75 Å². The lowest BCUT2D eigenvalue weighted by molar-refractivity contribution is -0.385. The second kappa shape index (κ2) is 10.3. The Hall–Kier alpha value is -3.08. The van der Waals surface area contributed by atoms with Crippen LogP contribution in [0.25, 0.3) is 0 Å². The van der Waals surface area contributed by atoms with Gasteiger partial charge in [-0.05, 0) is 33.3 Å². The van der Waals surface area contributed by atoms with Gasteiger partial charge in [0.2, 0.25) is 0 Å². The standard InChI is InChI=1S/C20H29N3O8/c1-20(2,3)31-19(25)22(4)7-9-30-16-11-13(18(24)28-5)10-15(17(16)23(26)27)21-12-14-6-8-29-14/h10-11,14,21H,6-9,12H2,1-5H3/t14-/m0/s1. The highest BCUT2D eigenvalue weighted by Crippen LogP contribution is 2.37. The summed E-state index contributed by atoms with van der Waals surface area (Å²) < 4.78 is 20.9. The molecule has 1 aliphatic rings. The minimum atomic E-state index is -0.659. The summed E-state index contributed by atoms with van der Waals surface area (Å²) in [7, 11) is 2.75. The van der Waals surface area contributed by atoms with Crippen LogP contribution in [0.2, 0.25) is 0 Å². The van der Waals surface area contributed by atoms with Crippen LogP contribution in [0.1, 0.15) is 37.6 Å². The number of rotatable bonds is 9. The molecule has 2 rings (SSSR count). The van der Waals surface area contributed by atoms with Crippen molar-refractivity contribution in [3.05, 3.63) is 27.8 Å². The molecule has 1 aliphatic heterocycles. The lowest BCUT2D eigenvalue weighted by Gasteiger charge is -2.27. The first kappa shape index (κ1) is 24.2. The van der Waals surface area contributed by atoms with Gasteiger partial charge in [-0.2, -0.15) is 0 Å². The van der Waals surface area contributed by atoms with E-state index in [0.717, 1.165) is 6.42 Å². The Kier molecular flexibility index (Phi) is 8.03. The van der Waals surface area contributed by atoms with E-state index >= 15 is 0 Å². The maximum Gasteiger partial charge on any atom is 0.410 e. The van der Waals surface area contributed by atoms with Gasteiger partial charge in [0.1, 0.15) is 17.9 Å². The van der Waals surface area contributed by atoms with Crippen LogP contribution in [0.15, 0.2) is 12.1 Å². The molecule has 0 bridgehead atoms. The van der Waals surface area contributed by atoms with Gasteiger partial charge in [0, 0.05) is 26.3 Å². The number of anilines is 1. The van der Waals surface area contributed by atoms with Crippen molar-refractivity contribution in [2.75, 3.05) is 45.8 Å². The molecule has 0 radical (unpaired) electrons. The third kappa shape index (κ3) is 6.99. The van der Waals surface area contributed by atoms with Crippen molar-refractivity contribution >= 4 is 23.4 Å². The molecule has 0 spiro atoms. The summed E-state index contributed by atoms with van der Waals surface area (Å²) in [6, 6.07) is 2.60. The number of esters is 1. The normalized spacial score (nSPS) is 15.5. The summed E-state index contributed by atoms with van der Waals surface area (Å²) in [5.74, 6) is -0.768. The van der Waals surface area contributed by atoms with E-state index in [9.17, 15) is 19.7 Å². The molecule has 31 heavy (non-hydrogen) atoms. The Labute approximate surface area is 180 Å². The van der Waals surface area contributed by atoms with Crippen molar-refractivity contribution in [1.82, 2.24) is 4.90 Å². The van der Waals surface area contributed by atoms with E-state index < -0.39 is 22.6 Å². The summed E-state index contributed by atoms with van der Waals surface area (Å²) >= 11 is 0. The molecule has 1 fully saturated rings. The van der Waals surface area contributed by atoms with Crippen LogP contribution in [-0.4, -0.2) is 74.1 Å². The molecule has 1 N–H and O–H groups in total. The molecule has 1 aromatic rings. The van der Waals surface area contributed by atoms with Gasteiger partial charge in [0.15, 0.2) is 5.75 Å². The average Bonchev–Trinajstić information content (AvgIpc) is 2.63. The van der Waals surface area contributed by atoms with Gasteiger partial charge in [-0.1, -0.05) is 0 Å². The molecule has 0 aliphatic carbocycles. The van der Waals surface area contributed by atoms with Crippen LogP contribution in [0.3, 0.4) is 0 Å². The second-order valence-electron chi connectivity index (χ2n) is 8.03. The third-order valence-electron chi connectivity index (χ3n) is 4.38. The summed E-state index contributed by atoms with van der Waals surface area (Å²) in [5, 5.41) is 14.7. The molecule has 0 unspecified atom stereocenters. The maximum atomic E-state index is 12.1. The van der Waals surface area contributed by atoms with Crippen molar-refractivity contribution in [2.45, 2.75) is 38.9 Å². The quantitative estimate of drug-likeness (QED) is 0.351. The maximum absolute atomic E-state index is 12.1. The zero-order valence-electron chi connectivity index (χ0n) is 18.4. The molecule has 172 valence electrons. The number of nitrogens with zero attached hydrogens (tertiary/aromatic N) is 2. The fourth-order valence-electron chi connectivity index (χ4n) is 2.67. The van der Waals surface area contributed by atoms with Gasteiger partial charge in [0.05, 0.1) is 30.2 Å². The van der Waals surface area contributed by atoms with Crippen molar-refractivity contribution in [3.63, 3.8) is 0 Å². The summed E-state index contributed by atoms with van der Waals surface area (Å²) in [6.45, 7) is 6.32. The van der Waals surface area contributed by atoms with Crippen LogP contribution in [-0.2, 0) is 14.2 Å². The Bertz CT molecular complexity index is 817. The van der Waals surface area contributed by atoms with Gasteiger partial charge in [-0.25, -0.2) is 9.59 Å². The Morgan fingerprint density at radius 3 is 2.55 bits per heavy atom. The van der Waals surface area contributed by atoms with Gasteiger partial charge in [-0.15, -0.1) is 0 Å². The number of ether oxygens (including phenoxy) is 4. The molecular weight excluding hydrogens is 410 g/mol. The zero-order valence-corrected chi connectivity index (χ0v) is 18.4. The molecule has 1 amide bonds. The Morgan fingerprint density at radius 1 is 1.35 bits per heavy atom. The lowest BCUT2D eigenvalue weighted by Crippen LogP contribution is -2.36. The summed E-state index contributed by atoms with van der Waals surface area (Å²) in [4.78, 5) is 36.5. The largest absolute Gasteiger partial charge is 0.485 e. The number of nitrogens with one attached hydrogen (secondary N) is 1. The van der Waals surface area contributed by atoms with Crippen LogP contribution >= 0.6 is 0 Å². The van der Waals surface area contributed by atoms with E-state index in [2.05, 4.69) is 5.32 Å². The van der Waals surface area contributed by atoms with E-state index in [1.54, 1.807) is 20.8 Å². The average molecular weight is 439 g/mol. The molecule has 0 aromatic heterocycles. The topological polar surface area (TPSA) is 129 Å². The predicted molar refractivity (Wildman–Crippen MR) is 112 cm³/mol. The van der Waals surface area contributed by atoms with Gasteiger partial charge in [-0.3, -0.25) is 10.1 Å². The molecule has 0 saturated carbocycles. The number of nitro benzene ring substituents is 1. The van der Waals surface area contributed by atoms with E-state index in [-0.39, 0.29) is 41.9 Å². The number of likely N-dealkylation sites (N-methyl/N-ethyl adjacent to an activating group) is 1. The third-order valence-corrected chi connectivity index (χ3v) is 4.38. The number of methoxy groups -OCH3 is 1. The number of carbonyl (C=O) groups excluding carboxylic acids is 2. The number of amides is 1. The highest BCUT2D eigenvalue weighted by molar-refractivity contribution is 5.93. The Morgan fingerprint density at radius 2 is 2.03 bits per heavy atom. The van der Waals surface area contributed by atoms with Gasteiger partial charge < -0.3 is 29.2 Å². The van der Waals surface area contributed by atoms with E-state index in [0.29, 0.717) is 13.2 Å². The van der Waals surface area contributed by atoms with Crippen molar-refractivity contribution in [3.8, 4) is 5.75 Å². The smallest absolute Gasteiger partial charge is 0.410 e. The first-order valence-electron chi connectivity index (χ1n) is 9.85. The zero-order chi connectivity index (χ0) is 23.2. The number of carbonyl (C=O) groups is 2. The fraction of sp³-hybridized carbons (Fsp3) is 0.600. The molecular formula is C20H29N3O8. The highest BCUT2D eigenvalue weighted by atomic mass is 16.6. The predicted octanol–water partition coefficient (Wildman–Crippen LogP) is 2.83. The molecule has 1 atom stereocenters. The SMILES string of the molecule is COC(=O)c1cc(NC[C@@H]2CCO2)c([N+](=O)[O-])c(OCCN(C)C(=O)OC(C)(C)C)c1. The number of benzene rings is 1. The highest BCUT2D eigenvalue weighted by Gasteiger charge is 2.27. The van der Waals surface area contributed by atoms with E-state index in [1.807, 2.05) is 0 Å². The van der Waals surface area contributed by atoms with Crippen LogP contribution < -0.4 is 10.1 Å². The molecule has 1 heterocycles. The number of nitro groups is 1. The van der Waals surface area contributed by atoms with E-state index in [4.69, 9.17) is 18.9 Å². The minimum Gasteiger partial charge on any atom is -0.485 e.